The number of nitrogens with two attached hydrogens (primary N) is 1. The number of benzene rings is 1. The molecule has 1 fully saturated rings. The summed E-state index contributed by atoms with van der Waals surface area (Å²) in [5.41, 5.74) is 8.57. The van der Waals surface area contributed by atoms with Gasteiger partial charge in [0.05, 0.1) is 0 Å². The molecule has 0 unspecified atom stereocenters. The standard InChI is InChI=1S/C18H29N/c19-14-6-11-17-9-5-10-18(15-17)13-12-16-7-3-1-2-4-8-16/h5,9-10,15-16H,1-4,6-8,11-14,19H2. The molecule has 0 heterocycles. The summed E-state index contributed by atoms with van der Waals surface area (Å²) < 4.78 is 0. The largest absolute Gasteiger partial charge is 0.330 e. The molecule has 1 aromatic carbocycles. The molecule has 0 bridgehead atoms. The van der Waals surface area contributed by atoms with Gasteiger partial charge in [-0.05, 0) is 49.3 Å². The van der Waals surface area contributed by atoms with Gasteiger partial charge in [-0.2, -0.15) is 0 Å². The minimum atomic E-state index is 0.798. The second-order valence-electron chi connectivity index (χ2n) is 6.11. The summed E-state index contributed by atoms with van der Waals surface area (Å²) in [6.45, 7) is 0.798. The Morgan fingerprint density at radius 2 is 1.63 bits per heavy atom. The first-order valence-electron chi connectivity index (χ1n) is 8.16. The first kappa shape index (κ1) is 14.6. The lowest BCUT2D eigenvalue weighted by molar-refractivity contribution is 0.428. The van der Waals surface area contributed by atoms with Crippen LogP contribution in [-0.4, -0.2) is 6.54 Å². The van der Waals surface area contributed by atoms with Crippen LogP contribution in [0.15, 0.2) is 24.3 Å². The van der Waals surface area contributed by atoms with Crippen molar-refractivity contribution in [2.24, 2.45) is 11.7 Å². The second-order valence-corrected chi connectivity index (χ2v) is 6.11. The van der Waals surface area contributed by atoms with Crippen molar-refractivity contribution in [2.75, 3.05) is 6.54 Å². The Kier molecular flexibility index (Phi) is 6.43. The quantitative estimate of drug-likeness (QED) is 0.749. The van der Waals surface area contributed by atoms with E-state index in [4.69, 9.17) is 5.73 Å². The third kappa shape index (κ3) is 5.36. The average Bonchev–Trinajstić information content (AvgIpc) is 2.72. The third-order valence-corrected chi connectivity index (χ3v) is 4.48. The molecule has 0 amide bonds. The van der Waals surface area contributed by atoms with Crippen LogP contribution >= 0.6 is 0 Å². The molecule has 19 heavy (non-hydrogen) atoms. The Morgan fingerprint density at radius 3 is 2.32 bits per heavy atom. The van der Waals surface area contributed by atoms with E-state index in [2.05, 4.69) is 24.3 Å². The summed E-state index contributed by atoms with van der Waals surface area (Å²) in [5, 5.41) is 0. The van der Waals surface area contributed by atoms with E-state index in [0.29, 0.717) is 0 Å². The van der Waals surface area contributed by atoms with E-state index in [1.165, 1.54) is 62.5 Å². The molecule has 0 aromatic heterocycles. The van der Waals surface area contributed by atoms with Gasteiger partial charge in [0.1, 0.15) is 0 Å². The van der Waals surface area contributed by atoms with Crippen LogP contribution in [0.4, 0.5) is 0 Å². The van der Waals surface area contributed by atoms with E-state index in [1.54, 1.807) is 0 Å². The number of aryl methyl sites for hydroxylation is 2. The Labute approximate surface area is 118 Å². The van der Waals surface area contributed by atoms with Gasteiger partial charge in [0.2, 0.25) is 0 Å². The molecule has 0 spiro atoms. The van der Waals surface area contributed by atoms with Crippen molar-refractivity contribution in [1.29, 1.82) is 0 Å². The van der Waals surface area contributed by atoms with Crippen LogP contribution < -0.4 is 5.73 Å². The van der Waals surface area contributed by atoms with Gasteiger partial charge in [0.25, 0.3) is 0 Å². The molecule has 1 saturated carbocycles. The van der Waals surface area contributed by atoms with Gasteiger partial charge >= 0.3 is 0 Å². The highest BCUT2D eigenvalue weighted by atomic mass is 14.5. The van der Waals surface area contributed by atoms with Gasteiger partial charge in [-0.15, -0.1) is 0 Å². The van der Waals surface area contributed by atoms with Crippen molar-refractivity contribution in [3.63, 3.8) is 0 Å². The fraction of sp³-hybridized carbons (Fsp3) is 0.667. The first-order valence-corrected chi connectivity index (χ1v) is 8.16. The predicted molar refractivity (Wildman–Crippen MR) is 83.3 cm³/mol. The van der Waals surface area contributed by atoms with Crippen molar-refractivity contribution in [3.05, 3.63) is 35.4 Å². The molecule has 0 radical (unpaired) electrons. The lowest BCUT2D eigenvalue weighted by Gasteiger charge is -2.14. The van der Waals surface area contributed by atoms with Crippen LogP contribution in [0.25, 0.3) is 0 Å². The van der Waals surface area contributed by atoms with Crippen molar-refractivity contribution in [1.82, 2.24) is 0 Å². The van der Waals surface area contributed by atoms with Crippen molar-refractivity contribution in [3.8, 4) is 0 Å². The van der Waals surface area contributed by atoms with E-state index in [9.17, 15) is 0 Å². The molecule has 1 aromatic rings. The number of hydrogen-bond acceptors (Lipinski definition) is 1. The first-order chi connectivity index (χ1) is 9.38. The van der Waals surface area contributed by atoms with Gasteiger partial charge in [0.15, 0.2) is 0 Å². The maximum absolute atomic E-state index is 5.59. The normalized spacial score (nSPS) is 17.3. The Hall–Kier alpha value is -0.820. The van der Waals surface area contributed by atoms with Gasteiger partial charge in [-0.3, -0.25) is 0 Å². The maximum Gasteiger partial charge on any atom is -0.00741 e. The summed E-state index contributed by atoms with van der Waals surface area (Å²) in [6, 6.07) is 9.15. The Morgan fingerprint density at radius 1 is 0.947 bits per heavy atom. The van der Waals surface area contributed by atoms with E-state index in [0.717, 1.165) is 25.3 Å². The van der Waals surface area contributed by atoms with Crippen molar-refractivity contribution in [2.45, 2.75) is 64.2 Å². The zero-order valence-corrected chi connectivity index (χ0v) is 12.2. The molecule has 1 nitrogen and oxygen atoms in total. The molecule has 2 rings (SSSR count). The minimum Gasteiger partial charge on any atom is -0.330 e. The average molecular weight is 259 g/mol. The fourth-order valence-electron chi connectivity index (χ4n) is 3.27. The summed E-state index contributed by atoms with van der Waals surface area (Å²) in [4.78, 5) is 0. The molecule has 0 saturated heterocycles. The molecular weight excluding hydrogens is 230 g/mol. The molecule has 1 heteroatoms. The molecule has 1 aliphatic carbocycles. The summed E-state index contributed by atoms with van der Waals surface area (Å²) in [6.07, 6.45) is 13.7. The summed E-state index contributed by atoms with van der Waals surface area (Å²) >= 11 is 0. The SMILES string of the molecule is NCCCc1cccc(CCC2CCCCCC2)c1. The van der Waals surface area contributed by atoms with Crippen LogP contribution in [0.5, 0.6) is 0 Å². The van der Waals surface area contributed by atoms with Gasteiger partial charge in [0, 0.05) is 0 Å². The Bertz CT molecular complexity index is 350. The van der Waals surface area contributed by atoms with Crippen LogP contribution in [-0.2, 0) is 12.8 Å². The smallest absolute Gasteiger partial charge is 0.00741 e. The molecule has 0 aliphatic heterocycles. The van der Waals surface area contributed by atoms with Crippen LogP contribution in [0.2, 0.25) is 0 Å². The maximum atomic E-state index is 5.59. The zero-order valence-electron chi connectivity index (χ0n) is 12.2. The molecule has 0 atom stereocenters. The van der Waals surface area contributed by atoms with Gasteiger partial charge in [-0.25, -0.2) is 0 Å². The monoisotopic (exact) mass is 259 g/mol. The fourth-order valence-corrected chi connectivity index (χ4v) is 3.27. The minimum absolute atomic E-state index is 0.798. The topological polar surface area (TPSA) is 26.0 Å². The van der Waals surface area contributed by atoms with Crippen LogP contribution in [0.3, 0.4) is 0 Å². The number of hydrogen-bond donors (Lipinski definition) is 1. The zero-order chi connectivity index (χ0) is 13.3. The van der Waals surface area contributed by atoms with Crippen molar-refractivity contribution < 1.29 is 0 Å². The second kappa shape index (κ2) is 8.37. The highest BCUT2D eigenvalue weighted by molar-refractivity contribution is 5.23. The van der Waals surface area contributed by atoms with Crippen molar-refractivity contribution >= 4 is 0 Å². The Balaban J connectivity index is 1.81. The van der Waals surface area contributed by atoms with Crippen LogP contribution in [0, 0.1) is 5.92 Å². The highest BCUT2D eigenvalue weighted by Gasteiger charge is 2.12. The lowest BCUT2D eigenvalue weighted by atomic mass is 9.92. The van der Waals surface area contributed by atoms with E-state index in [1.807, 2.05) is 0 Å². The molecule has 2 N–H and O–H groups in total. The summed E-state index contributed by atoms with van der Waals surface area (Å²) in [5.74, 6) is 0.982. The lowest BCUT2D eigenvalue weighted by Crippen LogP contribution is -2.02. The third-order valence-electron chi connectivity index (χ3n) is 4.48. The number of rotatable bonds is 6. The van der Waals surface area contributed by atoms with Gasteiger partial charge in [-0.1, -0.05) is 62.8 Å². The summed E-state index contributed by atoms with van der Waals surface area (Å²) in [7, 11) is 0. The molecule has 106 valence electrons. The van der Waals surface area contributed by atoms with E-state index < -0.39 is 0 Å². The molecule has 1 aliphatic rings. The predicted octanol–water partition coefficient (Wildman–Crippen LogP) is 4.48. The van der Waals surface area contributed by atoms with E-state index >= 15 is 0 Å². The van der Waals surface area contributed by atoms with Gasteiger partial charge < -0.3 is 5.73 Å². The molecular formula is C18H29N. The van der Waals surface area contributed by atoms with E-state index in [-0.39, 0.29) is 0 Å². The highest BCUT2D eigenvalue weighted by Crippen LogP contribution is 2.26. The van der Waals surface area contributed by atoms with Crippen LogP contribution in [0.1, 0.15) is 62.5 Å².